The lowest BCUT2D eigenvalue weighted by molar-refractivity contribution is 0.673. The minimum Gasteiger partial charge on any atom is -0.455 e. The van der Waals surface area contributed by atoms with Crippen molar-refractivity contribution in [1.29, 1.82) is 0 Å². The Balaban J connectivity index is 0.987. The predicted molar refractivity (Wildman–Crippen MR) is 237 cm³/mol. The number of hydrogen-bond donors (Lipinski definition) is 0. The molecule has 0 N–H and O–H groups in total. The fourth-order valence-corrected chi connectivity index (χ4v) is 8.27. The van der Waals surface area contributed by atoms with Gasteiger partial charge in [0.05, 0.1) is 11.4 Å². The van der Waals surface area contributed by atoms with Crippen LogP contribution < -0.4 is 0 Å². The largest absolute Gasteiger partial charge is 0.455 e. The molecule has 0 aliphatic carbocycles. The van der Waals surface area contributed by atoms with Crippen molar-refractivity contribution in [3.05, 3.63) is 206 Å². The first kappa shape index (κ1) is 32.8. The van der Waals surface area contributed by atoms with E-state index in [1.165, 1.54) is 27.3 Å². The van der Waals surface area contributed by atoms with Crippen LogP contribution in [0, 0.1) is 0 Å². The minimum atomic E-state index is 0.707. The van der Waals surface area contributed by atoms with Gasteiger partial charge in [-0.25, -0.2) is 9.97 Å². The average molecular weight is 727 g/mol. The van der Waals surface area contributed by atoms with Gasteiger partial charge in [-0.15, -0.1) is 0 Å². The molecule has 0 atom stereocenters. The normalized spacial score (nSPS) is 11.5. The molecular formula is C54H34N2O. The van der Waals surface area contributed by atoms with E-state index < -0.39 is 0 Å². The lowest BCUT2D eigenvalue weighted by atomic mass is 9.92. The van der Waals surface area contributed by atoms with Crippen LogP contribution in [0.5, 0.6) is 0 Å². The molecule has 2 heterocycles. The van der Waals surface area contributed by atoms with Crippen molar-refractivity contribution in [3.8, 4) is 67.3 Å². The van der Waals surface area contributed by atoms with Crippen molar-refractivity contribution in [2.75, 3.05) is 0 Å². The maximum Gasteiger partial charge on any atom is 0.160 e. The van der Waals surface area contributed by atoms with Crippen LogP contribution in [0.25, 0.3) is 111 Å². The minimum absolute atomic E-state index is 0.707. The van der Waals surface area contributed by atoms with Crippen LogP contribution >= 0.6 is 0 Å². The summed E-state index contributed by atoms with van der Waals surface area (Å²) in [6, 6.07) is 72.7. The van der Waals surface area contributed by atoms with E-state index in [2.05, 4.69) is 170 Å². The van der Waals surface area contributed by atoms with Crippen molar-refractivity contribution < 1.29 is 4.42 Å². The fourth-order valence-electron chi connectivity index (χ4n) is 8.27. The molecule has 0 radical (unpaired) electrons. The number of hydrogen-bond acceptors (Lipinski definition) is 3. The van der Waals surface area contributed by atoms with Gasteiger partial charge < -0.3 is 4.42 Å². The van der Waals surface area contributed by atoms with Gasteiger partial charge in [0.15, 0.2) is 5.82 Å². The summed E-state index contributed by atoms with van der Waals surface area (Å²) >= 11 is 0. The van der Waals surface area contributed by atoms with Gasteiger partial charge in [-0.05, 0) is 85.9 Å². The monoisotopic (exact) mass is 726 g/mol. The highest BCUT2D eigenvalue weighted by Crippen LogP contribution is 2.42. The summed E-state index contributed by atoms with van der Waals surface area (Å²) in [5.41, 5.74) is 13.6. The van der Waals surface area contributed by atoms with Crippen molar-refractivity contribution in [1.82, 2.24) is 9.97 Å². The van der Waals surface area contributed by atoms with Crippen LogP contribution in [0.1, 0.15) is 0 Å². The first-order chi connectivity index (χ1) is 28.2. The van der Waals surface area contributed by atoms with Gasteiger partial charge in [0, 0.05) is 32.8 Å². The molecule has 0 spiro atoms. The summed E-state index contributed by atoms with van der Waals surface area (Å²) in [7, 11) is 0. The molecule has 11 aromatic rings. The molecule has 0 fully saturated rings. The molecule has 3 heteroatoms. The van der Waals surface area contributed by atoms with Gasteiger partial charge in [-0.3, -0.25) is 0 Å². The maximum atomic E-state index is 6.76. The summed E-state index contributed by atoms with van der Waals surface area (Å²) < 4.78 is 6.76. The number of furan rings is 1. The third kappa shape index (κ3) is 5.85. The number of fused-ring (bicyclic) bond motifs is 6. The first-order valence-corrected chi connectivity index (χ1v) is 19.3. The summed E-state index contributed by atoms with van der Waals surface area (Å²) in [5.74, 6) is 0.707. The van der Waals surface area contributed by atoms with E-state index in [-0.39, 0.29) is 0 Å². The molecule has 3 nitrogen and oxygen atoms in total. The molecule has 2 aromatic heterocycles. The molecular weight excluding hydrogens is 693 g/mol. The highest BCUT2D eigenvalue weighted by molar-refractivity contribution is 6.20. The molecule has 0 aliphatic heterocycles. The van der Waals surface area contributed by atoms with Crippen molar-refractivity contribution in [2.24, 2.45) is 0 Å². The van der Waals surface area contributed by atoms with E-state index in [0.29, 0.717) is 5.82 Å². The van der Waals surface area contributed by atoms with Gasteiger partial charge in [-0.1, -0.05) is 170 Å². The third-order valence-electron chi connectivity index (χ3n) is 11.1. The number of rotatable bonds is 6. The van der Waals surface area contributed by atoms with Crippen LogP contribution in [0.4, 0.5) is 0 Å². The molecule has 11 rings (SSSR count). The molecule has 57 heavy (non-hydrogen) atoms. The number of nitrogens with zero attached hydrogens (tertiary/aromatic N) is 2. The molecule has 9 aromatic carbocycles. The van der Waals surface area contributed by atoms with E-state index in [0.717, 1.165) is 77.7 Å². The van der Waals surface area contributed by atoms with Crippen molar-refractivity contribution in [2.45, 2.75) is 0 Å². The third-order valence-corrected chi connectivity index (χ3v) is 11.1. The number of aromatic nitrogens is 2. The molecule has 0 unspecified atom stereocenters. The predicted octanol–water partition coefficient (Wildman–Crippen LogP) is 14.7. The molecule has 0 bridgehead atoms. The first-order valence-electron chi connectivity index (χ1n) is 19.3. The highest BCUT2D eigenvalue weighted by Gasteiger charge is 2.17. The highest BCUT2D eigenvalue weighted by atomic mass is 16.3. The second kappa shape index (κ2) is 13.6. The lowest BCUT2D eigenvalue weighted by Crippen LogP contribution is -1.96. The van der Waals surface area contributed by atoms with E-state index in [9.17, 15) is 0 Å². The maximum absolute atomic E-state index is 6.76. The Morgan fingerprint density at radius 3 is 1.60 bits per heavy atom. The summed E-state index contributed by atoms with van der Waals surface area (Å²) in [6.07, 6.45) is 0. The van der Waals surface area contributed by atoms with Crippen LogP contribution in [-0.2, 0) is 0 Å². The second-order valence-electron chi connectivity index (χ2n) is 14.5. The summed E-state index contributed by atoms with van der Waals surface area (Å²) in [4.78, 5) is 10.1. The summed E-state index contributed by atoms with van der Waals surface area (Å²) in [5, 5.41) is 7.02. The lowest BCUT2D eigenvalue weighted by Gasteiger charge is -2.11. The Morgan fingerprint density at radius 1 is 0.298 bits per heavy atom. The molecule has 0 saturated heterocycles. The standard InChI is InChI=1S/C54H34N2O/c1-3-15-36(16-4-1)50-34-51(56-54(55-50)37-17-5-2-6-18-37)42-23-12-22-40(31-42)38-20-11-21-39(30-38)41-28-29-46-49-33-48(44-27-13-19-35-14-7-8-24-43(35)44)45-25-9-10-26-47(45)53(49)57-52(46)32-41/h1-34H. The number of benzene rings is 9. The zero-order valence-electron chi connectivity index (χ0n) is 30.9. The van der Waals surface area contributed by atoms with Crippen LogP contribution in [-0.4, -0.2) is 9.97 Å². The van der Waals surface area contributed by atoms with Crippen molar-refractivity contribution >= 4 is 43.5 Å². The van der Waals surface area contributed by atoms with E-state index in [1.54, 1.807) is 0 Å². The zero-order valence-corrected chi connectivity index (χ0v) is 30.9. The topological polar surface area (TPSA) is 38.9 Å². The fraction of sp³-hybridized carbons (Fsp3) is 0. The van der Waals surface area contributed by atoms with E-state index >= 15 is 0 Å². The van der Waals surface area contributed by atoms with Crippen molar-refractivity contribution in [3.63, 3.8) is 0 Å². The van der Waals surface area contributed by atoms with Gasteiger partial charge in [0.2, 0.25) is 0 Å². The quantitative estimate of drug-likeness (QED) is 0.171. The molecule has 0 saturated carbocycles. The Bertz CT molecular complexity index is 3230. The Labute approximate surface area is 330 Å². The van der Waals surface area contributed by atoms with Gasteiger partial charge in [0.1, 0.15) is 11.2 Å². The molecule has 266 valence electrons. The molecule has 0 amide bonds. The average Bonchev–Trinajstić information content (AvgIpc) is 3.67. The molecule has 0 aliphatic rings. The van der Waals surface area contributed by atoms with E-state index in [4.69, 9.17) is 14.4 Å². The Morgan fingerprint density at radius 2 is 0.842 bits per heavy atom. The van der Waals surface area contributed by atoms with Gasteiger partial charge in [-0.2, -0.15) is 0 Å². The zero-order chi connectivity index (χ0) is 37.7. The smallest absolute Gasteiger partial charge is 0.160 e. The van der Waals surface area contributed by atoms with Gasteiger partial charge >= 0.3 is 0 Å². The van der Waals surface area contributed by atoms with Crippen LogP contribution in [0.15, 0.2) is 211 Å². The second-order valence-corrected chi connectivity index (χ2v) is 14.5. The van der Waals surface area contributed by atoms with Gasteiger partial charge in [0.25, 0.3) is 0 Å². The SMILES string of the molecule is c1ccc(-c2cc(-c3cccc(-c4cccc(-c5ccc6c(c5)oc5c7ccccc7c(-c7cccc8ccccc78)cc65)c4)c3)nc(-c3ccccc3)n2)cc1. The van der Waals surface area contributed by atoms with Crippen LogP contribution in [0.3, 0.4) is 0 Å². The summed E-state index contributed by atoms with van der Waals surface area (Å²) in [6.45, 7) is 0. The Kier molecular flexibility index (Phi) is 7.82. The Hall–Kier alpha value is -7.62. The van der Waals surface area contributed by atoms with E-state index in [1.807, 2.05) is 36.4 Å². The van der Waals surface area contributed by atoms with Crippen LogP contribution in [0.2, 0.25) is 0 Å².